The summed E-state index contributed by atoms with van der Waals surface area (Å²) in [5, 5.41) is 6.55. The molecule has 0 atom stereocenters. The maximum absolute atomic E-state index is 13.2. The standard InChI is InChI=1S/C24H31F3N8O/c1-23(7-10-36-11-8-23)34-21-30-14-18-20(33-21)35(17-4-2-15(13-28)3-5-17)22(32-18)31-16-6-9-29-19(12-16)24(25,26)27/h6,9,12,14-15,17H,2-5,7-8,10-11,13,28H2,1H3,(H,29,31,32)(H,30,33,34)/t15-,17-. The second kappa shape index (κ2) is 9.81. The van der Waals surface area contributed by atoms with Gasteiger partial charge in [0.15, 0.2) is 5.65 Å². The first-order valence-electron chi connectivity index (χ1n) is 12.4. The molecule has 12 heteroatoms. The van der Waals surface area contributed by atoms with E-state index in [9.17, 15) is 13.2 Å². The van der Waals surface area contributed by atoms with Gasteiger partial charge in [-0.2, -0.15) is 18.2 Å². The smallest absolute Gasteiger partial charge is 0.381 e. The van der Waals surface area contributed by atoms with Crippen LogP contribution in [0, 0.1) is 5.92 Å². The summed E-state index contributed by atoms with van der Waals surface area (Å²) in [5.74, 6) is 1.41. The highest BCUT2D eigenvalue weighted by atomic mass is 19.4. The van der Waals surface area contributed by atoms with E-state index >= 15 is 0 Å². The zero-order valence-corrected chi connectivity index (χ0v) is 20.2. The maximum Gasteiger partial charge on any atom is 0.433 e. The Kier molecular flexibility index (Phi) is 6.73. The minimum absolute atomic E-state index is 0.0886. The monoisotopic (exact) mass is 504 g/mol. The van der Waals surface area contributed by atoms with Crippen molar-refractivity contribution in [1.29, 1.82) is 0 Å². The molecule has 0 spiro atoms. The van der Waals surface area contributed by atoms with Gasteiger partial charge in [0.2, 0.25) is 11.9 Å². The van der Waals surface area contributed by atoms with Crippen molar-refractivity contribution in [1.82, 2.24) is 24.5 Å². The predicted octanol–water partition coefficient (Wildman–Crippen LogP) is 4.65. The molecule has 3 aromatic heterocycles. The number of halogens is 3. The van der Waals surface area contributed by atoms with E-state index in [2.05, 4.69) is 32.5 Å². The summed E-state index contributed by atoms with van der Waals surface area (Å²) in [6.07, 6.45) is 3.66. The lowest BCUT2D eigenvalue weighted by Gasteiger charge is -2.34. The van der Waals surface area contributed by atoms with Gasteiger partial charge in [0.05, 0.1) is 6.20 Å². The van der Waals surface area contributed by atoms with E-state index in [0.717, 1.165) is 50.8 Å². The van der Waals surface area contributed by atoms with E-state index in [-0.39, 0.29) is 17.3 Å². The number of alkyl halides is 3. The average molecular weight is 505 g/mol. The molecule has 0 bridgehead atoms. The number of aromatic nitrogens is 5. The van der Waals surface area contributed by atoms with Crippen LogP contribution in [0.5, 0.6) is 0 Å². The molecular weight excluding hydrogens is 473 g/mol. The van der Waals surface area contributed by atoms with Gasteiger partial charge in [0.25, 0.3) is 0 Å². The zero-order valence-electron chi connectivity index (χ0n) is 20.2. The number of anilines is 3. The number of imidazole rings is 1. The molecule has 2 aliphatic rings. The molecule has 5 rings (SSSR count). The normalized spacial score (nSPS) is 22.5. The van der Waals surface area contributed by atoms with Crippen molar-refractivity contribution in [3.63, 3.8) is 0 Å². The lowest BCUT2D eigenvalue weighted by molar-refractivity contribution is -0.141. The van der Waals surface area contributed by atoms with Crippen LogP contribution in [0.15, 0.2) is 24.5 Å². The van der Waals surface area contributed by atoms with Crippen LogP contribution in [0.1, 0.15) is 57.2 Å². The van der Waals surface area contributed by atoms with Gasteiger partial charge >= 0.3 is 6.18 Å². The fourth-order valence-electron chi connectivity index (χ4n) is 5.03. The molecule has 194 valence electrons. The van der Waals surface area contributed by atoms with Crippen LogP contribution >= 0.6 is 0 Å². The van der Waals surface area contributed by atoms with Crippen LogP contribution in [-0.4, -0.2) is 49.8 Å². The van der Waals surface area contributed by atoms with Crippen LogP contribution < -0.4 is 16.4 Å². The zero-order chi connectivity index (χ0) is 25.3. The fourth-order valence-corrected chi connectivity index (χ4v) is 5.03. The van der Waals surface area contributed by atoms with Gasteiger partial charge in [-0.3, -0.25) is 9.55 Å². The third-order valence-electron chi connectivity index (χ3n) is 7.26. The minimum atomic E-state index is -4.54. The molecule has 9 nitrogen and oxygen atoms in total. The number of fused-ring (bicyclic) bond motifs is 1. The first-order chi connectivity index (χ1) is 17.2. The first-order valence-corrected chi connectivity index (χ1v) is 12.4. The van der Waals surface area contributed by atoms with Crippen molar-refractivity contribution >= 4 is 28.7 Å². The summed E-state index contributed by atoms with van der Waals surface area (Å²) in [6, 6.07) is 2.57. The number of nitrogens with zero attached hydrogens (tertiary/aromatic N) is 5. The van der Waals surface area contributed by atoms with E-state index in [0.29, 0.717) is 48.7 Å². The molecule has 0 aromatic carbocycles. The van der Waals surface area contributed by atoms with Gasteiger partial charge in [-0.1, -0.05) is 0 Å². The van der Waals surface area contributed by atoms with Crippen molar-refractivity contribution in [3.8, 4) is 0 Å². The summed E-state index contributed by atoms with van der Waals surface area (Å²) in [7, 11) is 0. The molecule has 1 saturated heterocycles. The quantitative estimate of drug-likeness (QED) is 0.444. The summed E-state index contributed by atoms with van der Waals surface area (Å²) >= 11 is 0. The van der Waals surface area contributed by atoms with Crippen LogP contribution in [0.2, 0.25) is 0 Å². The number of ether oxygens (including phenoxy) is 1. The molecule has 1 aliphatic carbocycles. The Hall–Kier alpha value is -2.99. The van der Waals surface area contributed by atoms with Crippen molar-refractivity contribution in [2.45, 2.75) is 63.2 Å². The molecule has 0 amide bonds. The second-order valence-corrected chi connectivity index (χ2v) is 9.97. The van der Waals surface area contributed by atoms with Crippen molar-refractivity contribution < 1.29 is 17.9 Å². The Morgan fingerprint density at radius 1 is 1.14 bits per heavy atom. The number of hydrogen-bond acceptors (Lipinski definition) is 8. The van der Waals surface area contributed by atoms with Gasteiger partial charge in [-0.05, 0) is 70.0 Å². The lowest BCUT2D eigenvalue weighted by Crippen LogP contribution is -2.41. The SMILES string of the molecule is CC1(Nc2ncc3nc(Nc4ccnc(C(F)(F)F)c4)n([C@H]4CC[C@H](CN)CC4)c3n2)CCOCC1. The van der Waals surface area contributed by atoms with Crippen LogP contribution in [0.25, 0.3) is 11.2 Å². The molecule has 36 heavy (non-hydrogen) atoms. The average Bonchev–Trinajstić information content (AvgIpc) is 3.21. The summed E-state index contributed by atoms with van der Waals surface area (Å²) < 4.78 is 47.2. The Labute approximate surface area is 207 Å². The van der Waals surface area contributed by atoms with Gasteiger partial charge < -0.3 is 21.1 Å². The third kappa shape index (κ3) is 5.24. The molecule has 3 aromatic rings. The summed E-state index contributed by atoms with van der Waals surface area (Å²) in [4.78, 5) is 17.4. The number of pyridine rings is 1. The van der Waals surface area contributed by atoms with Gasteiger partial charge in [0, 0.05) is 36.7 Å². The fraction of sp³-hybridized carbons (Fsp3) is 0.583. The highest BCUT2D eigenvalue weighted by molar-refractivity contribution is 5.76. The van der Waals surface area contributed by atoms with Crippen LogP contribution in [0.3, 0.4) is 0 Å². The highest BCUT2D eigenvalue weighted by Crippen LogP contribution is 2.37. The lowest BCUT2D eigenvalue weighted by atomic mass is 9.86. The van der Waals surface area contributed by atoms with E-state index < -0.39 is 11.9 Å². The van der Waals surface area contributed by atoms with E-state index in [1.807, 2.05) is 4.57 Å². The molecule has 1 saturated carbocycles. The molecule has 0 radical (unpaired) electrons. The van der Waals surface area contributed by atoms with Gasteiger partial charge in [0.1, 0.15) is 11.2 Å². The van der Waals surface area contributed by atoms with E-state index in [1.54, 1.807) is 6.20 Å². The Morgan fingerprint density at radius 3 is 2.58 bits per heavy atom. The molecule has 0 unspecified atom stereocenters. The highest BCUT2D eigenvalue weighted by Gasteiger charge is 2.33. The van der Waals surface area contributed by atoms with E-state index in [1.165, 1.54) is 6.07 Å². The minimum Gasteiger partial charge on any atom is -0.381 e. The molecule has 4 N–H and O–H groups in total. The number of nitrogens with two attached hydrogens (primary N) is 1. The second-order valence-electron chi connectivity index (χ2n) is 9.97. The number of hydrogen-bond donors (Lipinski definition) is 3. The Morgan fingerprint density at radius 2 is 1.89 bits per heavy atom. The molecule has 1 aliphatic heterocycles. The van der Waals surface area contributed by atoms with Crippen LogP contribution in [0.4, 0.5) is 30.8 Å². The largest absolute Gasteiger partial charge is 0.433 e. The Balaban J connectivity index is 1.51. The first kappa shape index (κ1) is 24.7. The Bertz CT molecular complexity index is 1200. The maximum atomic E-state index is 13.2. The number of nitrogens with one attached hydrogen (secondary N) is 2. The van der Waals surface area contributed by atoms with Crippen molar-refractivity contribution in [3.05, 3.63) is 30.2 Å². The van der Waals surface area contributed by atoms with Gasteiger partial charge in [-0.15, -0.1) is 0 Å². The third-order valence-corrected chi connectivity index (χ3v) is 7.26. The van der Waals surface area contributed by atoms with E-state index in [4.69, 9.17) is 15.5 Å². The topological polar surface area (TPSA) is 116 Å². The van der Waals surface area contributed by atoms with Crippen molar-refractivity contribution in [2.24, 2.45) is 11.7 Å². The molecular formula is C24H31F3N8O. The summed E-state index contributed by atoms with van der Waals surface area (Å²) in [5.41, 5.74) is 6.23. The molecule has 2 fully saturated rings. The number of rotatable bonds is 6. The van der Waals surface area contributed by atoms with Gasteiger partial charge in [-0.25, -0.2) is 9.97 Å². The summed E-state index contributed by atoms with van der Waals surface area (Å²) in [6.45, 7) is 4.13. The predicted molar refractivity (Wildman–Crippen MR) is 130 cm³/mol. The van der Waals surface area contributed by atoms with Crippen LogP contribution in [-0.2, 0) is 10.9 Å². The molecule has 4 heterocycles. The van der Waals surface area contributed by atoms with Crippen molar-refractivity contribution in [2.75, 3.05) is 30.4 Å².